The first-order valence-corrected chi connectivity index (χ1v) is 11.4. The Labute approximate surface area is 179 Å². The Hall–Kier alpha value is -2.62. The first-order valence-electron chi connectivity index (χ1n) is 11.4. The lowest BCUT2D eigenvalue weighted by Gasteiger charge is -2.43. The Morgan fingerprint density at radius 2 is 1.73 bits per heavy atom. The molecule has 2 aliphatic rings. The number of para-hydroxylation sites is 1. The number of aryl methyl sites for hydroxylation is 1. The number of likely N-dealkylation sites (N-methyl/N-ethyl adjacent to an activating group) is 1. The molecular formula is C26H32N2O2. The van der Waals surface area contributed by atoms with E-state index < -0.39 is 0 Å². The number of benzene rings is 2. The van der Waals surface area contributed by atoms with Crippen LogP contribution in [-0.2, 0) is 11.2 Å². The molecule has 4 nitrogen and oxygen atoms in total. The molecule has 2 aromatic rings. The Morgan fingerprint density at radius 1 is 1.03 bits per heavy atom. The number of carbonyl (C=O) groups is 2. The van der Waals surface area contributed by atoms with Gasteiger partial charge in [-0.3, -0.25) is 9.59 Å². The maximum absolute atomic E-state index is 13.5. The van der Waals surface area contributed by atoms with E-state index in [9.17, 15) is 9.59 Å². The fourth-order valence-electron chi connectivity index (χ4n) is 4.87. The molecule has 0 aromatic heterocycles. The number of fused-ring (bicyclic) bond motifs is 1. The van der Waals surface area contributed by atoms with Gasteiger partial charge in [0.05, 0.1) is 5.92 Å². The lowest BCUT2D eigenvalue weighted by atomic mass is 9.83. The van der Waals surface area contributed by atoms with Gasteiger partial charge in [0.1, 0.15) is 0 Å². The van der Waals surface area contributed by atoms with Crippen molar-refractivity contribution in [3.8, 4) is 0 Å². The monoisotopic (exact) mass is 404 g/mol. The highest BCUT2D eigenvalue weighted by Gasteiger charge is 2.40. The van der Waals surface area contributed by atoms with E-state index in [-0.39, 0.29) is 23.8 Å². The van der Waals surface area contributed by atoms with Gasteiger partial charge in [-0.2, -0.15) is 0 Å². The molecule has 1 aliphatic carbocycles. The quantitative estimate of drug-likeness (QED) is 0.689. The summed E-state index contributed by atoms with van der Waals surface area (Å²) in [5.41, 5.74) is 3.78. The summed E-state index contributed by atoms with van der Waals surface area (Å²) in [4.78, 5) is 30.9. The van der Waals surface area contributed by atoms with E-state index in [4.69, 9.17) is 0 Å². The standard InChI is InChI=1S/C26H32N2O2/c1-4-19-13-15-20(16-14-19)25(29)28-18(3)17-23(22-11-6-7-12-24(22)28)26(30)27(5-2)21-9-8-10-21/h6-7,11-16,18,21,23H,4-5,8-10,17H2,1-3H3/t18-,23+/m0/s1. The number of nitrogens with zero attached hydrogens (tertiary/aromatic N) is 2. The van der Waals surface area contributed by atoms with E-state index in [1.165, 1.54) is 12.0 Å². The minimum absolute atomic E-state index is 0.00911. The van der Waals surface area contributed by atoms with Crippen molar-refractivity contribution in [1.29, 1.82) is 0 Å². The van der Waals surface area contributed by atoms with Crippen LogP contribution >= 0.6 is 0 Å². The Kier molecular flexibility index (Phi) is 5.94. The third-order valence-corrected chi connectivity index (χ3v) is 6.85. The first kappa shape index (κ1) is 20.6. The highest BCUT2D eigenvalue weighted by molar-refractivity contribution is 6.08. The maximum atomic E-state index is 13.5. The lowest BCUT2D eigenvalue weighted by Crippen LogP contribution is -2.50. The first-order chi connectivity index (χ1) is 14.5. The molecule has 158 valence electrons. The minimum Gasteiger partial charge on any atom is -0.339 e. The van der Waals surface area contributed by atoms with E-state index >= 15 is 0 Å². The van der Waals surface area contributed by atoms with Crippen molar-refractivity contribution in [2.75, 3.05) is 11.4 Å². The number of hydrogen-bond donors (Lipinski definition) is 0. The van der Waals surface area contributed by atoms with Crippen LogP contribution in [0.3, 0.4) is 0 Å². The highest BCUT2D eigenvalue weighted by atomic mass is 16.2. The van der Waals surface area contributed by atoms with Crippen LogP contribution in [0.25, 0.3) is 0 Å². The van der Waals surface area contributed by atoms with Crippen molar-refractivity contribution in [2.24, 2.45) is 0 Å². The van der Waals surface area contributed by atoms with Crippen molar-refractivity contribution < 1.29 is 9.59 Å². The zero-order valence-electron chi connectivity index (χ0n) is 18.3. The van der Waals surface area contributed by atoms with Crippen molar-refractivity contribution in [2.45, 2.75) is 70.9 Å². The third kappa shape index (κ3) is 3.64. The molecule has 2 amide bonds. The van der Waals surface area contributed by atoms with Crippen molar-refractivity contribution in [1.82, 2.24) is 4.90 Å². The van der Waals surface area contributed by atoms with Crippen LogP contribution in [0.15, 0.2) is 48.5 Å². The van der Waals surface area contributed by atoms with Gasteiger partial charge in [-0.15, -0.1) is 0 Å². The van der Waals surface area contributed by atoms with Gasteiger partial charge in [-0.05, 0) is 75.3 Å². The summed E-state index contributed by atoms with van der Waals surface area (Å²) >= 11 is 0. The SMILES string of the molecule is CCc1ccc(C(=O)N2c3ccccc3[C@H](C(=O)N(CC)C3CCC3)C[C@@H]2C)cc1. The number of carbonyl (C=O) groups excluding carboxylic acids is 2. The van der Waals surface area contributed by atoms with Crippen LogP contribution in [0.2, 0.25) is 0 Å². The molecule has 0 saturated heterocycles. The lowest BCUT2D eigenvalue weighted by molar-refractivity contribution is -0.137. The Balaban J connectivity index is 1.66. The van der Waals surface area contributed by atoms with Crippen LogP contribution in [0.4, 0.5) is 5.69 Å². The number of hydrogen-bond acceptors (Lipinski definition) is 2. The molecule has 4 heteroatoms. The summed E-state index contributed by atoms with van der Waals surface area (Å²) in [6.45, 7) is 7.00. The Morgan fingerprint density at radius 3 is 2.33 bits per heavy atom. The van der Waals surface area contributed by atoms with Gasteiger partial charge in [0.15, 0.2) is 0 Å². The number of rotatable bonds is 5. The van der Waals surface area contributed by atoms with Gasteiger partial charge in [0.25, 0.3) is 5.91 Å². The molecule has 30 heavy (non-hydrogen) atoms. The molecule has 2 atom stereocenters. The topological polar surface area (TPSA) is 40.6 Å². The largest absolute Gasteiger partial charge is 0.339 e. The van der Waals surface area contributed by atoms with Gasteiger partial charge in [0, 0.05) is 29.9 Å². The van der Waals surface area contributed by atoms with Gasteiger partial charge in [0.2, 0.25) is 5.91 Å². The summed E-state index contributed by atoms with van der Waals surface area (Å²) in [6.07, 6.45) is 5.06. The average Bonchev–Trinajstić information content (AvgIpc) is 2.74. The predicted molar refractivity (Wildman–Crippen MR) is 121 cm³/mol. The van der Waals surface area contributed by atoms with E-state index in [2.05, 4.69) is 25.7 Å². The van der Waals surface area contributed by atoms with E-state index in [0.717, 1.165) is 37.1 Å². The zero-order chi connectivity index (χ0) is 21.3. The summed E-state index contributed by atoms with van der Waals surface area (Å²) in [5.74, 6) is 0.0546. The van der Waals surface area contributed by atoms with Gasteiger partial charge < -0.3 is 9.80 Å². The summed E-state index contributed by atoms with van der Waals surface area (Å²) in [5, 5.41) is 0. The van der Waals surface area contributed by atoms with Crippen LogP contribution in [0, 0.1) is 0 Å². The van der Waals surface area contributed by atoms with Crippen molar-refractivity contribution >= 4 is 17.5 Å². The van der Waals surface area contributed by atoms with Crippen LogP contribution < -0.4 is 4.90 Å². The fraction of sp³-hybridized carbons (Fsp3) is 0.462. The molecule has 0 radical (unpaired) electrons. The van der Waals surface area contributed by atoms with Gasteiger partial charge in [-0.25, -0.2) is 0 Å². The molecule has 0 bridgehead atoms. The second-order valence-electron chi connectivity index (χ2n) is 8.63. The highest BCUT2D eigenvalue weighted by Crippen LogP contribution is 2.41. The van der Waals surface area contributed by atoms with Gasteiger partial charge >= 0.3 is 0 Å². The molecule has 2 aromatic carbocycles. The minimum atomic E-state index is -0.178. The van der Waals surface area contributed by atoms with Crippen molar-refractivity contribution in [3.63, 3.8) is 0 Å². The van der Waals surface area contributed by atoms with E-state index in [1.807, 2.05) is 53.4 Å². The average molecular weight is 405 g/mol. The van der Waals surface area contributed by atoms with Gasteiger partial charge in [-0.1, -0.05) is 37.3 Å². The molecule has 0 unspecified atom stereocenters. The number of anilines is 1. The summed E-state index contributed by atoms with van der Waals surface area (Å²) in [7, 11) is 0. The molecule has 1 saturated carbocycles. The van der Waals surface area contributed by atoms with E-state index in [0.29, 0.717) is 18.0 Å². The molecular weight excluding hydrogens is 372 g/mol. The Bertz CT molecular complexity index is 917. The fourth-order valence-corrected chi connectivity index (χ4v) is 4.87. The summed E-state index contributed by atoms with van der Waals surface area (Å²) < 4.78 is 0. The molecule has 1 fully saturated rings. The predicted octanol–water partition coefficient (Wildman–Crippen LogP) is 5.17. The van der Waals surface area contributed by atoms with Crippen LogP contribution in [-0.4, -0.2) is 35.3 Å². The third-order valence-electron chi connectivity index (χ3n) is 6.85. The molecule has 1 heterocycles. The second-order valence-corrected chi connectivity index (χ2v) is 8.63. The van der Waals surface area contributed by atoms with Crippen molar-refractivity contribution in [3.05, 3.63) is 65.2 Å². The van der Waals surface area contributed by atoms with E-state index in [1.54, 1.807) is 0 Å². The maximum Gasteiger partial charge on any atom is 0.258 e. The van der Waals surface area contributed by atoms with Crippen LogP contribution in [0.5, 0.6) is 0 Å². The zero-order valence-corrected chi connectivity index (χ0v) is 18.3. The number of amides is 2. The second kappa shape index (κ2) is 8.63. The molecule has 0 spiro atoms. The molecule has 4 rings (SSSR count). The molecule has 0 N–H and O–H groups in total. The van der Waals surface area contributed by atoms with Crippen LogP contribution in [0.1, 0.15) is 73.9 Å². The molecule has 1 aliphatic heterocycles. The normalized spacial score (nSPS) is 21.0. The summed E-state index contributed by atoms with van der Waals surface area (Å²) in [6, 6.07) is 16.2. The smallest absolute Gasteiger partial charge is 0.258 e.